The van der Waals surface area contributed by atoms with Crippen LogP contribution >= 0.6 is 56.8 Å². The molecule has 1 N–H and O–H groups in total. The van der Waals surface area contributed by atoms with Crippen LogP contribution in [0.1, 0.15) is 26.7 Å². The summed E-state index contributed by atoms with van der Waals surface area (Å²) >= 11 is 11.0. The van der Waals surface area contributed by atoms with Crippen LogP contribution in [0.5, 0.6) is 17.2 Å². The number of ether oxygens (including phenoxy) is 2. The number of phenolic OH excluding ortho intramolecular Hbond substituents is 1. The Labute approximate surface area is 179 Å². The predicted molar refractivity (Wildman–Crippen MR) is 118 cm³/mol. The van der Waals surface area contributed by atoms with Gasteiger partial charge >= 0.3 is 5.97 Å². The molecule has 2 unspecified atom stereocenters. The molecule has 0 saturated heterocycles. The van der Waals surface area contributed by atoms with Gasteiger partial charge in [0.1, 0.15) is 12.4 Å². The summed E-state index contributed by atoms with van der Waals surface area (Å²) in [6.45, 7) is 3.93. The normalized spacial score (nSPS) is 13.5. The van der Waals surface area contributed by atoms with Crippen molar-refractivity contribution in [2.45, 2.75) is 34.5 Å². The van der Waals surface area contributed by atoms with E-state index in [0.717, 1.165) is 12.8 Å². The van der Waals surface area contributed by atoms with E-state index < -0.39 is 5.97 Å². The van der Waals surface area contributed by atoms with E-state index in [9.17, 15) is 9.90 Å². The zero-order valence-corrected chi connectivity index (χ0v) is 19.0. The molecular weight excluding hydrogens is 569 g/mol. The van der Waals surface area contributed by atoms with Crippen LogP contribution in [0.15, 0.2) is 24.3 Å². The molecule has 2 rings (SSSR count). The van der Waals surface area contributed by atoms with Crippen molar-refractivity contribution in [3.63, 3.8) is 0 Å². The van der Waals surface area contributed by atoms with Gasteiger partial charge < -0.3 is 14.6 Å². The number of rotatable bonds is 7. The SMILES string of the molecule is CCCC(I)C(I)COc1cc(O)c2c(Cl)cccc2c1OC(C)=O. The molecule has 0 aliphatic heterocycles. The molecule has 0 bridgehead atoms. The minimum Gasteiger partial charge on any atom is -0.507 e. The van der Waals surface area contributed by atoms with Crippen LogP contribution in [0.3, 0.4) is 0 Å². The first-order valence-corrected chi connectivity index (χ1v) is 10.8. The number of halogens is 3. The van der Waals surface area contributed by atoms with Gasteiger partial charge in [-0.15, -0.1) is 0 Å². The number of benzene rings is 2. The maximum atomic E-state index is 11.5. The fraction of sp³-hybridized carbons (Fsp3) is 0.389. The molecule has 7 heteroatoms. The number of alkyl halides is 2. The third kappa shape index (κ3) is 5.26. The number of carbonyl (C=O) groups is 1. The molecule has 0 radical (unpaired) electrons. The van der Waals surface area contributed by atoms with Crippen LogP contribution in [0.4, 0.5) is 0 Å². The van der Waals surface area contributed by atoms with Crippen molar-refractivity contribution < 1.29 is 19.4 Å². The highest BCUT2D eigenvalue weighted by atomic mass is 127. The van der Waals surface area contributed by atoms with Gasteiger partial charge in [-0.3, -0.25) is 4.79 Å². The van der Waals surface area contributed by atoms with Gasteiger partial charge in [-0.1, -0.05) is 82.3 Å². The van der Waals surface area contributed by atoms with Crippen LogP contribution in [0, 0.1) is 0 Å². The lowest BCUT2D eigenvalue weighted by atomic mass is 10.1. The maximum Gasteiger partial charge on any atom is 0.308 e. The number of hydrogen-bond acceptors (Lipinski definition) is 4. The number of aromatic hydroxyl groups is 1. The van der Waals surface area contributed by atoms with Crippen molar-refractivity contribution in [2.24, 2.45) is 0 Å². The third-order valence-electron chi connectivity index (χ3n) is 3.61. The van der Waals surface area contributed by atoms with E-state index in [1.807, 2.05) is 0 Å². The fourth-order valence-corrected chi connectivity index (χ4v) is 4.10. The van der Waals surface area contributed by atoms with Gasteiger partial charge in [-0.05, 0) is 12.5 Å². The lowest BCUT2D eigenvalue weighted by Crippen LogP contribution is -2.21. The molecule has 2 aromatic rings. The van der Waals surface area contributed by atoms with E-state index >= 15 is 0 Å². The summed E-state index contributed by atoms with van der Waals surface area (Å²) < 4.78 is 12.0. The Hall–Kier alpha value is -0.480. The molecule has 0 amide bonds. The Balaban J connectivity index is 2.40. The summed E-state index contributed by atoms with van der Waals surface area (Å²) in [6.07, 6.45) is 2.22. The Kier molecular flexibility index (Phi) is 7.88. The minimum atomic E-state index is -0.458. The van der Waals surface area contributed by atoms with Crippen LogP contribution in [0.25, 0.3) is 10.8 Å². The van der Waals surface area contributed by atoms with E-state index in [-0.39, 0.29) is 11.5 Å². The molecule has 25 heavy (non-hydrogen) atoms. The van der Waals surface area contributed by atoms with Crippen molar-refractivity contribution in [3.05, 3.63) is 29.3 Å². The summed E-state index contributed by atoms with van der Waals surface area (Å²) in [4.78, 5) is 11.5. The number of esters is 1. The largest absolute Gasteiger partial charge is 0.507 e. The maximum absolute atomic E-state index is 11.5. The summed E-state index contributed by atoms with van der Waals surface area (Å²) in [6, 6.07) is 6.61. The second-order valence-corrected chi connectivity index (χ2v) is 9.22. The van der Waals surface area contributed by atoms with Crippen LogP contribution in [0.2, 0.25) is 5.02 Å². The standard InChI is InChI=1S/C18H19ClI2O4/c1-3-5-13(20)14(21)9-24-16-8-15(23)17-11(6-4-7-12(17)19)18(16)25-10(2)22/h4,6-8,13-14,23H,3,5,9H2,1-2H3. The smallest absolute Gasteiger partial charge is 0.308 e. The monoisotopic (exact) mass is 588 g/mol. The van der Waals surface area contributed by atoms with Gasteiger partial charge in [0.2, 0.25) is 0 Å². The van der Waals surface area contributed by atoms with E-state index in [2.05, 4.69) is 52.1 Å². The van der Waals surface area contributed by atoms with Crippen LogP contribution < -0.4 is 9.47 Å². The number of fused-ring (bicyclic) bond motifs is 1. The van der Waals surface area contributed by atoms with Crippen LogP contribution in [-0.2, 0) is 4.79 Å². The predicted octanol–water partition coefficient (Wildman–Crippen LogP) is 5.91. The van der Waals surface area contributed by atoms with Gasteiger partial charge in [-0.25, -0.2) is 0 Å². The van der Waals surface area contributed by atoms with E-state index in [0.29, 0.717) is 36.0 Å². The average molecular weight is 589 g/mol. The molecule has 0 aliphatic carbocycles. The first-order valence-electron chi connectivity index (χ1n) is 7.88. The Bertz CT molecular complexity index is 766. The Morgan fingerprint density at radius 3 is 2.68 bits per heavy atom. The van der Waals surface area contributed by atoms with E-state index in [4.69, 9.17) is 21.1 Å². The van der Waals surface area contributed by atoms with Crippen LogP contribution in [-0.4, -0.2) is 25.5 Å². The molecule has 0 heterocycles. The minimum absolute atomic E-state index is 0.00362. The van der Waals surface area contributed by atoms with Gasteiger partial charge in [-0.2, -0.15) is 0 Å². The van der Waals surface area contributed by atoms with Crippen molar-refractivity contribution >= 4 is 73.5 Å². The molecule has 2 aromatic carbocycles. The average Bonchev–Trinajstić information content (AvgIpc) is 2.55. The van der Waals surface area contributed by atoms with Gasteiger partial charge in [0.25, 0.3) is 0 Å². The van der Waals surface area contributed by atoms with E-state index in [1.165, 1.54) is 13.0 Å². The van der Waals surface area contributed by atoms with Gasteiger partial charge in [0.05, 0.1) is 8.95 Å². The fourth-order valence-electron chi connectivity index (χ4n) is 2.45. The third-order valence-corrected chi connectivity index (χ3v) is 8.02. The first kappa shape index (κ1) is 20.8. The molecule has 0 saturated carbocycles. The molecule has 0 spiro atoms. The zero-order valence-electron chi connectivity index (χ0n) is 13.9. The van der Waals surface area contributed by atoms with Crippen molar-refractivity contribution in [1.29, 1.82) is 0 Å². The summed E-state index contributed by atoms with van der Waals surface area (Å²) in [7, 11) is 0. The van der Waals surface area contributed by atoms with Gasteiger partial charge in [0, 0.05) is 27.7 Å². The summed E-state index contributed by atoms with van der Waals surface area (Å²) in [5, 5.41) is 11.7. The highest BCUT2D eigenvalue weighted by Crippen LogP contribution is 2.44. The van der Waals surface area contributed by atoms with E-state index in [1.54, 1.807) is 18.2 Å². The van der Waals surface area contributed by atoms with Crippen molar-refractivity contribution in [1.82, 2.24) is 0 Å². The molecule has 0 fully saturated rings. The highest BCUT2D eigenvalue weighted by Gasteiger charge is 2.21. The van der Waals surface area contributed by atoms with Crippen molar-refractivity contribution in [2.75, 3.05) is 6.61 Å². The van der Waals surface area contributed by atoms with Gasteiger partial charge in [0.15, 0.2) is 11.5 Å². The second kappa shape index (κ2) is 9.45. The van der Waals surface area contributed by atoms with Crippen molar-refractivity contribution in [3.8, 4) is 17.2 Å². The highest BCUT2D eigenvalue weighted by molar-refractivity contribution is 14.1. The lowest BCUT2D eigenvalue weighted by molar-refractivity contribution is -0.131. The molecule has 0 aliphatic rings. The molecule has 0 aromatic heterocycles. The Morgan fingerprint density at radius 1 is 1.32 bits per heavy atom. The number of phenols is 1. The second-order valence-electron chi connectivity index (χ2n) is 5.61. The topological polar surface area (TPSA) is 55.8 Å². The Morgan fingerprint density at radius 2 is 2.04 bits per heavy atom. The first-order chi connectivity index (χ1) is 11.8. The molecule has 2 atom stereocenters. The summed E-state index contributed by atoms with van der Waals surface area (Å²) in [5.41, 5.74) is 0. The lowest BCUT2D eigenvalue weighted by Gasteiger charge is -2.19. The molecule has 4 nitrogen and oxygen atoms in total. The zero-order chi connectivity index (χ0) is 18.6. The summed E-state index contributed by atoms with van der Waals surface area (Å²) in [5.74, 6) is 0.160. The number of hydrogen-bond donors (Lipinski definition) is 1. The molecular formula is C18H19ClI2O4. The quantitative estimate of drug-likeness (QED) is 0.189. The molecule has 136 valence electrons. The number of carbonyl (C=O) groups excluding carboxylic acids is 1.